The molecule has 0 bridgehead atoms. The molecule has 0 saturated carbocycles. The molecular weight excluding hydrogens is 457 g/mol. The van der Waals surface area contributed by atoms with Crippen LogP contribution in [0.4, 0.5) is 23.2 Å². The maximum atomic E-state index is 13.5. The Morgan fingerprint density at radius 1 is 1.09 bits per heavy atom. The van der Waals surface area contributed by atoms with Gasteiger partial charge in [-0.15, -0.1) is 0 Å². The highest BCUT2D eigenvalue weighted by atomic mass is 31.2. The molecule has 2 heterocycles. The molecule has 0 N–H and O–H groups in total. The van der Waals surface area contributed by atoms with Crippen molar-refractivity contribution in [3.63, 3.8) is 0 Å². The second kappa shape index (κ2) is 8.11. The van der Waals surface area contributed by atoms with Crippen LogP contribution in [-0.4, -0.2) is 40.4 Å². The van der Waals surface area contributed by atoms with Crippen LogP contribution in [0.3, 0.4) is 0 Å². The number of ether oxygens (including phenoxy) is 1. The lowest BCUT2D eigenvalue weighted by atomic mass is 10.1. The van der Waals surface area contributed by atoms with Gasteiger partial charge in [0.05, 0.1) is 16.6 Å². The van der Waals surface area contributed by atoms with Crippen LogP contribution in [0.15, 0.2) is 36.4 Å². The molecule has 32 heavy (non-hydrogen) atoms. The van der Waals surface area contributed by atoms with E-state index < -0.39 is 47.7 Å². The Labute approximate surface area is 180 Å². The lowest BCUT2D eigenvalue weighted by molar-refractivity contribution is -0.385. The molecule has 2 aliphatic rings. The van der Waals surface area contributed by atoms with Crippen LogP contribution >= 0.6 is 7.67 Å². The van der Waals surface area contributed by atoms with E-state index in [1.165, 1.54) is 12.1 Å². The number of nitrogens with zero attached hydrogens (tertiary/aromatic N) is 3. The summed E-state index contributed by atoms with van der Waals surface area (Å²) in [6.45, 7) is 4.18. The zero-order valence-corrected chi connectivity index (χ0v) is 17.6. The minimum absolute atomic E-state index is 0.351. The van der Waals surface area contributed by atoms with Crippen LogP contribution in [0.2, 0.25) is 0 Å². The maximum absolute atomic E-state index is 13.5. The molecule has 2 fully saturated rings. The molecule has 8 nitrogen and oxygen atoms in total. The predicted octanol–water partition coefficient (Wildman–Crippen LogP) is 5.36. The fourth-order valence-corrected chi connectivity index (χ4v) is 5.45. The number of rotatable bonds is 8. The van der Waals surface area contributed by atoms with E-state index in [1.807, 2.05) is 0 Å². The number of hydrogen-bond donors (Lipinski definition) is 0. The van der Waals surface area contributed by atoms with Gasteiger partial charge in [0.1, 0.15) is 11.6 Å². The van der Waals surface area contributed by atoms with Gasteiger partial charge in [-0.2, -0.15) is 13.2 Å². The van der Waals surface area contributed by atoms with Gasteiger partial charge < -0.3 is 4.74 Å². The predicted molar refractivity (Wildman–Crippen MR) is 105 cm³/mol. The molecule has 2 aromatic rings. The zero-order valence-electron chi connectivity index (χ0n) is 16.7. The summed E-state index contributed by atoms with van der Waals surface area (Å²) in [5.74, 6) is -2.27. The van der Waals surface area contributed by atoms with Gasteiger partial charge in [0, 0.05) is 32.2 Å². The summed E-state index contributed by atoms with van der Waals surface area (Å²) in [4.78, 5) is 10.6. The van der Waals surface area contributed by atoms with Gasteiger partial charge in [0.2, 0.25) is 5.75 Å². The highest BCUT2D eigenvalue weighted by molar-refractivity contribution is 7.54. The highest BCUT2D eigenvalue weighted by Crippen LogP contribution is 2.63. The molecule has 0 amide bonds. The number of halogens is 4. The number of alkyl halides is 3. The summed E-state index contributed by atoms with van der Waals surface area (Å²) in [6.07, 6.45) is -5.71. The molecule has 1 atom stereocenters. The van der Waals surface area contributed by atoms with Crippen LogP contribution < -0.4 is 4.74 Å². The average Bonchev–Trinajstić information content (AvgIpc) is 3.60. The molecule has 1 unspecified atom stereocenters. The quantitative estimate of drug-likeness (QED) is 0.167. The first-order valence-corrected chi connectivity index (χ1v) is 11.1. The summed E-state index contributed by atoms with van der Waals surface area (Å²) in [5, 5.41) is 11.4. The van der Waals surface area contributed by atoms with Gasteiger partial charge in [0.25, 0.3) is 0 Å². The van der Waals surface area contributed by atoms with E-state index in [-0.39, 0.29) is 5.75 Å². The summed E-state index contributed by atoms with van der Waals surface area (Å²) < 4.78 is 80.3. The first kappa shape index (κ1) is 22.7. The Morgan fingerprint density at radius 3 is 2.25 bits per heavy atom. The van der Waals surface area contributed by atoms with Gasteiger partial charge in [-0.1, -0.05) is 0 Å². The van der Waals surface area contributed by atoms with E-state index in [1.54, 1.807) is 16.3 Å². The van der Waals surface area contributed by atoms with Crippen molar-refractivity contribution in [1.82, 2.24) is 9.34 Å². The van der Waals surface area contributed by atoms with Crippen molar-refractivity contribution in [2.45, 2.75) is 19.2 Å². The summed E-state index contributed by atoms with van der Waals surface area (Å²) in [7, 11) is -3.18. The largest absolute Gasteiger partial charge is 0.450 e. The third-order valence-corrected chi connectivity index (χ3v) is 7.80. The monoisotopic (exact) mass is 475 g/mol. The van der Waals surface area contributed by atoms with Gasteiger partial charge in [-0.05, 0) is 42.8 Å². The van der Waals surface area contributed by atoms with Gasteiger partial charge in [0.15, 0.2) is 0 Å². The van der Waals surface area contributed by atoms with Crippen molar-refractivity contribution in [3.8, 4) is 11.5 Å². The zero-order chi connectivity index (χ0) is 23.3. The Balaban J connectivity index is 1.63. The second-order valence-corrected chi connectivity index (χ2v) is 9.69. The van der Waals surface area contributed by atoms with E-state index in [4.69, 9.17) is 9.26 Å². The van der Waals surface area contributed by atoms with E-state index in [0.717, 1.165) is 12.1 Å². The SMILES string of the molecule is CC(OP(=O)(N1CC1)N1CC1)c1ccc([N+](=O)[O-])c(Oc2ccc(F)c(C(F)(F)F)c2)c1. The van der Waals surface area contributed by atoms with E-state index in [2.05, 4.69) is 0 Å². The van der Waals surface area contributed by atoms with Gasteiger partial charge >= 0.3 is 19.5 Å². The van der Waals surface area contributed by atoms with Crippen LogP contribution in [-0.2, 0) is 15.3 Å². The van der Waals surface area contributed by atoms with Crippen molar-refractivity contribution in [2.24, 2.45) is 0 Å². The third kappa shape index (κ3) is 4.63. The number of nitro benzene ring substituents is 1. The smallest absolute Gasteiger partial charge is 0.419 e. The molecule has 0 aromatic heterocycles. The molecule has 2 aliphatic heterocycles. The van der Waals surface area contributed by atoms with Crippen molar-refractivity contribution in [1.29, 1.82) is 0 Å². The van der Waals surface area contributed by atoms with Crippen molar-refractivity contribution >= 4 is 13.4 Å². The fraction of sp³-hybridized carbons (Fsp3) is 0.368. The topological polar surface area (TPSA) is 84.7 Å². The van der Waals surface area contributed by atoms with Crippen LogP contribution in [0.25, 0.3) is 0 Å². The van der Waals surface area contributed by atoms with E-state index in [0.29, 0.717) is 43.9 Å². The minimum atomic E-state index is -4.96. The normalized spacial score (nSPS) is 17.8. The lowest BCUT2D eigenvalue weighted by Crippen LogP contribution is -2.11. The second-order valence-electron chi connectivity index (χ2n) is 7.37. The van der Waals surface area contributed by atoms with Gasteiger partial charge in [-0.3, -0.25) is 19.2 Å². The Hall–Kier alpha value is -2.53. The van der Waals surface area contributed by atoms with Gasteiger partial charge in [-0.25, -0.2) is 13.7 Å². The standard InChI is InChI=1S/C19H18F4N3O5P/c1-12(31-32(29,24-6-7-24)25-8-9-25)13-2-5-17(26(27)28)18(10-13)30-14-3-4-16(20)15(11-14)19(21,22)23/h2-5,10-12H,6-9H2,1H3. The fourth-order valence-electron chi connectivity index (χ4n) is 3.10. The van der Waals surface area contributed by atoms with Crippen molar-refractivity contribution in [2.75, 3.05) is 26.2 Å². The molecule has 4 rings (SSSR count). The van der Waals surface area contributed by atoms with Crippen molar-refractivity contribution < 1.29 is 36.3 Å². The average molecular weight is 475 g/mol. The van der Waals surface area contributed by atoms with Crippen LogP contribution in [0.1, 0.15) is 24.2 Å². The maximum Gasteiger partial charge on any atom is 0.419 e. The number of hydrogen-bond acceptors (Lipinski definition) is 5. The van der Waals surface area contributed by atoms with Crippen molar-refractivity contribution in [3.05, 3.63) is 63.5 Å². The Kier molecular flexibility index (Phi) is 5.74. The summed E-state index contributed by atoms with van der Waals surface area (Å²) in [6, 6.07) is 5.71. The molecule has 0 aliphatic carbocycles. The first-order chi connectivity index (χ1) is 15.0. The molecule has 13 heteroatoms. The highest BCUT2D eigenvalue weighted by Gasteiger charge is 2.50. The molecule has 2 saturated heterocycles. The van der Waals surface area contributed by atoms with E-state index >= 15 is 0 Å². The molecule has 0 radical (unpaired) electrons. The Bertz CT molecular complexity index is 1090. The van der Waals surface area contributed by atoms with Crippen LogP contribution in [0.5, 0.6) is 11.5 Å². The molecular formula is C19H18F4N3O5P. The molecule has 0 spiro atoms. The minimum Gasteiger partial charge on any atom is -0.450 e. The van der Waals surface area contributed by atoms with Crippen LogP contribution in [0, 0.1) is 15.9 Å². The summed E-state index contributed by atoms with van der Waals surface area (Å²) in [5.41, 5.74) is -1.67. The number of nitro groups is 1. The summed E-state index contributed by atoms with van der Waals surface area (Å²) >= 11 is 0. The van der Waals surface area contributed by atoms with E-state index in [9.17, 15) is 32.2 Å². The molecule has 172 valence electrons. The third-order valence-electron chi connectivity index (χ3n) is 4.98. The molecule has 2 aromatic carbocycles. The number of benzene rings is 2. The lowest BCUT2D eigenvalue weighted by Gasteiger charge is -2.24. The Morgan fingerprint density at radius 2 is 1.72 bits per heavy atom. The first-order valence-electron chi connectivity index (χ1n) is 9.61.